The van der Waals surface area contributed by atoms with Crippen molar-refractivity contribution in [2.75, 3.05) is 6.54 Å². The Morgan fingerprint density at radius 2 is 1.83 bits per heavy atom. The molecule has 3 heterocycles. The molecule has 5 rings (SSSR count). The Labute approximate surface area is 172 Å². The molecular formula is C23H30N6. The van der Waals surface area contributed by atoms with Crippen molar-refractivity contribution in [3.05, 3.63) is 28.1 Å². The first-order valence-corrected chi connectivity index (χ1v) is 11.1. The highest BCUT2D eigenvalue weighted by Gasteiger charge is 2.33. The van der Waals surface area contributed by atoms with E-state index in [1.54, 1.807) is 0 Å². The molecule has 0 radical (unpaired) electrons. The third-order valence-electron chi connectivity index (χ3n) is 6.99. The fraction of sp³-hybridized carbons (Fsp3) is 0.609. The molecule has 1 atom stereocenters. The molecule has 2 aliphatic carbocycles. The summed E-state index contributed by atoms with van der Waals surface area (Å²) in [4.78, 5) is 10.1. The van der Waals surface area contributed by atoms with E-state index in [-0.39, 0.29) is 0 Å². The average molecular weight is 391 g/mol. The molecule has 1 unspecified atom stereocenters. The number of hydrogen-bond donors (Lipinski definition) is 1. The van der Waals surface area contributed by atoms with E-state index >= 15 is 0 Å². The molecule has 0 spiro atoms. The van der Waals surface area contributed by atoms with Crippen LogP contribution in [0.25, 0.3) is 17.0 Å². The molecule has 3 aliphatic rings. The minimum atomic E-state index is 0.486. The number of nitrogens with zero attached hydrogens (tertiary/aromatic N) is 5. The first kappa shape index (κ1) is 18.6. The fourth-order valence-corrected chi connectivity index (χ4v) is 5.49. The van der Waals surface area contributed by atoms with Gasteiger partial charge in [0.15, 0.2) is 0 Å². The molecule has 6 heteroatoms. The standard InChI is InChI=1S/C23H30N6/c1-13-9-10-18-17(11-13)20(19-14(2)12-24-15(19)3)21(23-26-28-29-27-23)22(25-18)16-7-5-4-6-8-16/h13,16H,4-12H2,1-3H3,(H,26,27,28,29). The fourth-order valence-electron chi connectivity index (χ4n) is 5.49. The predicted octanol–water partition coefficient (Wildman–Crippen LogP) is 4.68. The number of H-pyrrole nitrogens is 1. The van der Waals surface area contributed by atoms with Gasteiger partial charge in [-0.05, 0) is 68.2 Å². The van der Waals surface area contributed by atoms with Crippen LogP contribution in [-0.2, 0) is 12.8 Å². The van der Waals surface area contributed by atoms with Gasteiger partial charge in [0, 0.05) is 28.5 Å². The third-order valence-corrected chi connectivity index (χ3v) is 6.99. The quantitative estimate of drug-likeness (QED) is 0.825. The summed E-state index contributed by atoms with van der Waals surface area (Å²) < 4.78 is 0. The number of rotatable bonds is 3. The lowest BCUT2D eigenvalue weighted by molar-refractivity contribution is 0.433. The highest BCUT2D eigenvalue weighted by molar-refractivity contribution is 6.27. The minimum Gasteiger partial charge on any atom is -0.285 e. The van der Waals surface area contributed by atoms with Gasteiger partial charge in [0.2, 0.25) is 5.82 Å². The lowest BCUT2D eigenvalue weighted by Crippen LogP contribution is -2.21. The largest absolute Gasteiger partial charge is 0.285 e. The van der Waals surface area contributed by atoms with E-state index in [2.05, 4.69) is 41.4 Å². The van der Waals surface area contributed by atoms with Crippen LogP contribution in [0.2, 0.25) is 0 Å². The maximum Gasteiger partial charge on any atom is 0.207 e. The molecule has 2 aromatic rings. The minimum absolute atomic E-state index is 0.486. The zero-order valence-electron chi connectivity index (χ0n) is 17.8. The topological polar surface area (TPSA) is 79.7 Å². The van der Waals surface area contributed by atoms with Crippen molar-refractivity contribution in [3.63, 3.8) is 0 Å². The van der Waals surface area contributed by atoms with Crippen LogP contribution in [0, 0.1) is 5.92 Å². The Bertz CT molecular complexity index is 979. The molecule has 0 bridgehead atoms. The smallest absolute Gasteiger partial charge is 0.207 e. The van der Waals surface area contributed by atoms with Gasteiger partial charge >= 0.3 is 0 Å². The van der Waals surface area contributed by atoms with Crippen molar-refractivity contribution in [3.8, 4) is 11.4 Å². The van der Waals surface area contributed by atoms with Crippen LogP contribution < -0.4 is 0 Å². The number of nitrogens with one attached hydrogen (secondary N) is 1. The van der Waals surface area contributed by atoms with Crippen LogP contribution in [0.5, 0.6) is 0 Å². The number of allylic oxidation sites excluding steroid dienone is 1. The van der Waals surface area contributed by atoms with Crippen LogP contribution >= 0.6 is 0 Å². The second kappa shape index (κ2) is 7.47. The first-order valence-electron chi connectivity index (χ1n) is 11.1. The first-order chi connectivity index (χ1) is 14.1. The van der Waals surface area contributed by atoms with E-state index in [9.17, 15) is 0 Å². The van der Waals surface area contributed by atoms with Gasteiger partial charge < -0.3 is 0 Å². The molecule has 6 nitrogen and oxygen atoms in total. The summed E-state index contributed by atoms with van der Waals surface area (Å²) in [5.74, 6) is 1.84. The van der Waals surface area contributed by atoms with E-state index < -0.39 is 0 Å². The maximum atomic E-state index is 5.33. The van der Waals surface area contributed by atoms with Crippen LogP contribution in [0.4, 0.5) is 0 Å². The molecule has 0 amide bonds. The lowest BCUT2D eigenvalue weighted by atomic mass is 9.77. The number of aliphatic imine (C=N–C) groups is 1. The van der Waals surface area contributed by atoms with Crippen molar-refractivity contribution < 1.29 is 0 Å². The summed E-state index contributed by atoms with van der Waals surface area (Å²) in [6.07, 6.45) is 9.66. The molecule has 0 aromatic carbocycles. The predicted molar refractivity (Wildman–Crippen MR) is 115 cm³/mol. The molecule has 1 N–H and O–H groups in total. The molecule has 152 valence electrons. The molecular weight excluding hydrogens is 360 g/mol. The summed E-state index contributed by atoms with van der Waals surface area (Å²) in [5.41, 5.74) is 10.1. The van der Waals surface area contributed by atoms with Gasteiger partial charge in [-0.25, -0.2) is 0 Å². The molecule has 29 heavy (non-hydrogen) atoms. The zero-order chi connectivity index (χ0) is 20.0. The number of aromatic nitrogens is 5. The normalized spacial score (nSPS) is 22.7. The molecule has 2 aromatic heterocycles. The van der Waals surface area contributed by atoms with Crippen molar-refractivity contribution in [2.45, 2.75) is 78.1 Å². The van der Waals surface area contributed by atoms with Crippen LogP contribution in [-0.4, -0.2) is 37.9 Å². The second-order valence-electron chi connectivity index (χ2n) is 9.15. The van der Waals surface area contributed by atoms with Crippen LogP contribution in [0.1, 0.15) is 87.7 Å². The van der Waals surface area contributed by atoms with Gasteiger partial charge in [-0.3, -0.25) is 9.98 Å². The maximum absolute atomic E-state index is 5.33. The summed E-state index contributed by atoms with van der Waals surface area (Å²) in [6, 6.07) is 0. The SMILES string of the molecule is CC1=NCC(C)=C1c1c2c(nc(C3CCCCC3)c1-c1nn[nH]n1)CCC(C)C2. The van der Waals surface area contributed by atoms with Crippen LogP contribution in [0.15, 0.2) is 10.6 Å². The lowest BCUT2D eigenvalue weighted by Gasteiger charge is -2.30. The van der Waals surface area contributed by atoms with Crippen LogP contribution in [0.3, 0.4) is 0 Å². The van der Waals surface area contributed by atoms with Gasteiger partial charge in [0.1, 0.15) is 0 Å². The summed E-state index contributed by atoms with van der Waals surface area (Å²) in [7, 11) is 0. The monoisotopic (exact) mass is 390 g/mol. The molecule has 1 saturated carbocycles. The van der Waals surface area contributed by atoms with Gasteiger partial charge in [-0.15, -0.1) is 10.2 Å². The van der Waals surface area contributed by atoms with E-state index in [1.165, 1.54) is 72.2 Å². The third kappa shape index (κ3) is 3.22. The summed E-state index contributed by atoms with van der Waals surface area (Å²) >= 11 is 0. The van der Waals surface area contributed by atoms with E-state index in [0.717, 1.165) is 30.7 Å². The molecule has 0 saturated heterocycles. The van der Waals surface area contributed by atoms with Crippen molar-refractivity contribution in [1.29, 1.82) is 0 Å². The Kier molecular flexibility index (Phi) is 4.80. The Morgan fingerprint density at radius 1 is 1.00 bits per heavy atom. The zero-order valence-corrected chi connectivity index (χ0v) is 17.8. The number of hydrogen-bond acceptors (Lipinski definition) is 5. The Hall–Kier alpha value is -2.37. The van der Waals surface area contributed by atoms with Gasteiger partial charge in [-0.1, -0.05) is 26.2 Å². The number of tetrazole rings is 1. The second-order valence-corrected chi connectivity index (χ2v) is 9.15. The summed E-state index contributed by atoms with van der Waals surface area (Å²) in [5, 5.41) is 15.5. The van der Waals surface area contributed by atoms with Gasteiger partial charge in [0.25, 0.3) is 0 Å². The average Bonchev–Trinajstić information content (AvgIpc) is 3.37. The highest BCUT2D eigenvalue weighted by Crippen LogP contribution is 2.45. The molecule has 1 aliphatic heterocycles. The number of fused-ring (bicyclic) bond motifs is 1. The molecule has 1 fully saturated rings. The van der Waals surface area contributed by atoms with E-state index in [1.807, 2.05) is 0 Å². The van der Waals surface area contributed by atoms with E-state index in [0.29, 0.717) is 17.7 Å². The van der Waals surface area contributed by atoms with Crippen molar-refractivity contribution in [1.82, 2.24) is 25.6 Å². The van der Waals surface area contributed by atoms with Gasteiger partial charge in [-0.2, -0.15) is 5.21 Å². The summed E-state index contributed by atoms with van der Waals surface area (Å²) in [6.45, 7) is 7.50. The van der Waals surface area contributed by atoms with E-state index in [4.69, 9.17) is 9.98 Å². The Morgan fingerprint density at radius 3 is 2.52 bits per heavy atom. The van der Waals surface area contributed by atoms with Gasteiger partial charge in [0.05, 0.1) is 17.8 Å². The number of aromatic amines is 1. The van der Waals surface area contributed by atoms with Crippen molar-refractivity contribution in [2.24, 2.45) is 10.9 Å². The highest BCUT2D eigenvalue weighted by atomic mass is 15.5. The Balaban J connectivity index is 1.82. The number of aryl methyl sites for hydroxylation is 1. The number of pyridine rings is 1. The van der Waals surface area contributed by atoms with Crippen molar-refractivity contribution >= 4 is 11.3 Å².